The smallest absolute Gasteiger partial charge is 0.266 e. The summed E-state index contributed by atoms with van der Waals surface area (Å²) in [6.07, 6.45) is 0. The van der Waals surface area contributed by atoms with E-state index in [0.29, 0.717) is 22.9 Å². The molecule has 0 atom stereocenters. The van der Waals surface area contributed by atoms with Crippen LogP contribution in [0.25, 0.3) is 11.1 Å². The van der Waals surface area contributed by atoms with Gasteiger partial charge in [-0.05, 0) is 48.2 Å². The molecule has 27 heavy (non-hydrogen) atoms. The molecule has 1 aromatic heterocycles. The number of amides is 2. The first kappa shape index (κ1) is 18.7. The number of hydrogen-bond acceptors (Lipinski definition) is 4. The lowest BCUT2D eigenvalue weighted by atomic mass is 10.1. The predicted octanol–water partition coefficient (Wildman–Crippen LogP) is 4.18. The summed E-state index contributed by atoms with van der Waals surface area (Å²) in [4.78, 5) is 24.7. The van der Waals surface area contributed by atoms with E-state index < -0.39 is 0 Å². The van der Waals surface area contributed by atoms with Crippen LogP contribution in [0, 0.1) is 0 Å². The van der Waals surface area contributed by atoms with Gasteiger partial charge in [-0.1, -0.05) is 30.3 Å². The molecular formula is C21H20N2O3S. The van der Waals surface area contributed by atoms with Crippen molar-refractivity contribution in [2.24, 2.45) is 0 Å². The van der Waals surface area contributed by atoms with E-state index >= 15 is 0 Å². The van der Waals surface area contributed by atoms with Gasteiger partial charge in [-0.3, -0.25) is 9.59 Å². The zero-order valence-corrected chi connectivity index (χ0v) is 15.7. The number of thiophene rings is 1. The third-order valence-corrected chi connectivity index (χ3v) is 4.73. The second-order valence-electron chi connectivity index (χ2n) is 5.75. The van der Waals surface area contributed by atoms with Gasteiger partial charge in [-0.15, -0.1) is 11.3 Å². The average molecular weight is 380 g/mol. The van der Waals surface area contributed by atoms with Crippen molar-refractivity contribution in [2.45, 2.75) is 6.92 Å². The molecule has 5 nitrogen and oxygen atoms in total. The summed E-state index contributed by atoms with van der Waals surface area (Å²) in [5.74, 6) is 0.251. The molecule has 0 bridgehead atoms. The van der Waals surface area contributed by atoms with E-state index in [2.05, 4.69) is 10.6 Å². The van der Waals surface area contributed by atoms with Crippen LogP contribution < -0.4 is 15.4 Å². The number of anilines is 1. The number of carbonyl (C=O) groups excluding carboxylic acids is 2. The maximum atomic E-state index is 12.7. The summed E-state index contributed by atoms with van der Waals surface area (Å²) in [5, 5.41) is 7.48. The topological polar surface area (TPSA) is 67.4 Å². The van der Waals surface area contributed by atoms with E-state index in [4.69, 9.17) is 4.74 Å². The molecule has 6 heteroatoms. The molecule has 0 aliphatic heterocycles. The van der Waals surface area contributed by atoms with Crippen LogP contribution in [0.4, 0.5) is 5.69 Å². The molecule has 3 rings (SSSR count). The van der Waals surface area contributed by atoms with Crippen molar-refractivity contribution in [3.8, 4) is 16.9 Å². The molecule has 0 radical (unpaired) electrons. The SMILES string of the molecule is CCNC(=O)COc1ccc(NC(=O)c2sccc2-c2ccccc2)cc1. The van der Waals surface area contributed by atoms with Crippen LogP contribution in [0.2, 0.25) is 0 Å². The fraction of sp³-hybridized carbons (Fsp3) is 0.143. The van der Waals surface area contributed by atoms with Crippen molar-refractivity contribution in [3.63, 3.8) is 0 Å². The molecule has 1 heterocycles. The quantitative estimate of drug-likeness (QED) is 0.646. The van der Waals surface area contributed by atoms with Gasteiger partial charge in [0.05, 0.1) is 4.88 Å². The Bertz CT molecular complexity index is 905. The Morgan fingerprint density at radius 3 is 2.44 bits per heavy atom. The standard InChI is InChI=1S/C21H20N2O3S/c1-2-22-19(24)14-26-17-10-8-16(9-11-17)23-21(25)20-18(12-13-27-20)15-6-4-3-5-7-15/h3-13H,2,14H2,1H3,(H,22,24)(H,23,25). The van der Waals surface area contributed by atoms with Gasteiger partial charge in [0, 0.05) is 17.8 Å². The summed E-state index contributed by atoms with van der Waals surface area (Å²) in [6, 6.07) is 18.7. The summed E-state index contributed by atoms with van der Waals surface area (Å²) in [5.41, 5.74) is 2.59. The minimum atomic E-state index is -0.166. The Morgan fingerprint density at radius 1 is 1.00 bits per heavy atom. The van der Waals surface area contributed by atoms with E-state index in [1.807, 2.05) is 48.7 Å². The Hall–Kier alpha value is -3.12. The van der Waals surface area contributed by atoms with Crippen LogP contribution >= 0.6 is 11.3 Å². The average Bonchev–Trinajstić information content (AvgIpc) is 3.18. The highest BCUT2D eigenvalue weighted by Crippen LogP contribution is 2.29. The minimum absolute atomic E-state index is 0.0326. The fourth-order valence-corrected chi connectivity index (χ4v) is 3.36. The summed E-state index contributed by atoms with van der Waals surface area (Å²) >= 11 is 1.41. The van der Waals surface area contributed by atoms with E-state index in [0.717, 1.165) is 11.1 Å². The van der Waals surface area contributed by atoms with Crippen molar-refractivity contribution in [2.75, 3.05) is 18.5 Å². The minimum Gasteiger partial charge on any atom is -0.484 e. The molecular weight excluding hydrogens is 360 g/mol. The molecule has 0 aliphatic carbocycles. The van der Waals surface area contributed by atoms with Crippen LogP contribution in [0.3, 0.4) is 0 Å². The number of nitrogens with one attached hydrogen (secondary N) is 2. The van der Waals surface area contributed by atoms with Crippen LogP contribution in [-0.2, 0) is 4.79 Å². The Balaban J connectivity index is 1.64. The maximum absolute atomic E-state index is 12.7. The van der Waals surface area contributed by atoms with Crippen molar-refractivity contribution < 1.29 is 14.3 Å². The lowest BCUT2D eigenvalue weighted by molar-refractivity contribution is -0.122. The Labute approximate surface area is 162 Å². The molecule has 2 aromatic carbocycles. The van der Waals surface area contributed by atoms with Crippen molar-refractivity contribution in [1.82, 2.24) is 5.32 Å². The molecule has 0 saturated heterocycles. The van der Waals surface area contributed by atoms with Gasteiger partial charge >= 0.3 is 0 Å². The van der Waals surface area contributed by atoms with E-state index in [9.17, 15) is 9.59 Å². The third kappa shape index (κ3) is 4.95. The lowest BCUT2D eigenvalue weighted by Gasteiger charge is -2.09. The van der Waals surface area contributed by atoms with Crippen molar-refractivity contribution in [1.29, 1.82) is 0 Å². The fourth-order valence-electron chi connectivity index (χ4n) is 2.55. The molecule has 0 aliphatic rings. The number of likely N-dealkylation sites (N-methyl/N-ethyl adjacent to an activating group) is 1. The largest absolute Gasteiger partial charge is 0.484 e. The number of hydrogen-bond donors (Lipinski definition) is 2. The van der Waals surface area contributed by atoms with Crippen LogP contribution in [-0.4, -0.2) is 25.0 Å². The molecule has 0 spiro atoms. The van der Waals surface area contributed by atoms with Gasteiger partial charge in [-0.25, -0.2) is 0 Å². The van der Waals surface area contributed by atoms with Gasteiger partial charge < -0.3 is 15.4 Å². The van der Waals surface area contributed by atoms with E-state index in [-0.39, 0.29) is 18.4 Å². The second kappa shape index (κ2) is 9.00. The molecule has 0 saturated carbocycles. The van der Waals surface area contributed by atoms with Crippen LogP contribution in [0.5, 0.6) is 5.75 Å². The van der Waals surface area contributed by atoms with Gasteiger partial charge in [0.15, 0.2) is 6.61 Å². The number of carbonyl (C=O) groups is 2. The van der Waals surface area contributed by atoms with Gasteiger partial charge in [0.25, 0.3) is 11.8 Å². The first-order valence-electron chi connectivity index (χ1n) is 8.61. The van der Waals surface area contributed by atoms with Gasteiger partial charge in [0.2, 0.25) is 0 Å². The van der Waals surface area contributed by atoms with Gasteiger partial charge in [0.1, 0.15) is 5.75 Å². The Kier molecular flexibility index (Phi) is 6.22. The molecule has 138 valence electrons. The zero-order chi connectivity index (χ0) is 19.1. The number of ether oxygens (including phenoxy) is 1. The monoisotopic (exact) mass is 380 g/mol. The lowest BCUT2D eigenvalue weighted by Crippen LogP contribution is -2.28. The van der Waals surface area contributed by atoms with Crippen molar-refractivity contribution >= 4 is 28.8 Å². The summed E-state index contributed by atoms with van der Waals surface area (Å²) in [7, 11) is 0. The normalized spacial score (nSPS) is 10.3. The highest BCUT2D eigenvalue weighted by atomic mass is 32.1. The molecule has 0 unspecified atom stereocenters. The predicted molar refractivity (Wildman–Crippen MR) is 108 cm³/mol. The first-order chi connectivity index (χ1) is 13.2. The molecule has 0 fully saturated rings. The highest BCUT2D eigenvalue weighted by Gasteiger charge is 2.14. The number of rotatable bonds is 7. The number of benzene rings is 2. The van der Waals surface area contributed by atoms with Gasteiger partial charge in [-0.2, -0.15) is 0 Å². The van der Waals surface area contributed by atoms with E-state index in [1.54, 1.807) is 24.3 Å². The van der Waals surface area contributed by atoms with Crippen LogP contribution in [0.15, 0.2) is 66.0 Å². The Morgan fingerprint density at radius 2 is 1.74 bits per heavy atom. The van der Waals surface area contributed by atoms with Crippen LogP contribution in [0.1, 0.15) is 16.6 Å². The van der Waals surface area contributed by atoms with E-state index in [1.165, 1.54) is 11.3 Å². The molecule has 2 N–H and O–H groups in total. The highest BCUT2D eigenvalue weighted by molar-refractivity contribution is 7.12. The third-order valence-electron chi connectivity index (χ3n) is 3.81. The zero-order valence-electron chi connectivity index (χ0n) is 14.9. The summed E-state index contributed by atoms with van der Waals surface area (Å²) < 4.78 is 5.41. The first-order valence-corrected chi connectivity index (χ1v) is 9.49. The van der Waals surface area contributed by atoms with Crippen molar-refractivity contribution in [3.05, 3.63) is 70.9 Å². The maximum Gasteiger partial charge on any atom is 0.266 e. The summed E-state index contributed by atoms with van der Waals surface area (Å²) in [6.45, 7) is 2.39. The molecule has 3 aromatic rings. The second-order valence-corrected chi connectivity index (χ2v) is 6.67. The molecule has 2 amide bonds.